The van der Waals surface area contributed by atoms with Gasteiger partial charge in [0.05, 0.1) is 17.8 Å². The number of fused-ring (bicyclic) bond motifs is 1. The van der Waals surface area contributed by atoms with Crippen molar-refractivity contribution in [3.05, 3.63) is 15.6 Å². The molecule has 1 aromatic heterocycles. The highest BCUT2D eigenvalue weighted by atomic mass is 32.1. The van der Waals surface area contributed by atoms with E-state index in [2.05, 4.69) is 19.2 Å². The molecule has 0 amide bonds. The van der Waals surface area contributed by atoms with Crippen LogP contribution in [0.2, 0.25) is 0 Å². The first-order valence-electron chi connectivity index (χ1n) is 8.38. The third-order valence-corrected chi connectivity index (χ3v) is 6.69. The zero-order valence-corrected chi connectivity index (χ0v) is 14.4. The summed E-state index contributed by atoms with van der Waals surface area (Å²) in [6, 6.07) is 0. The van der Waals surface area contributed by atoms with Gasteiger partial charge < -0.3 is 10.1 Å². The maximum absolute atomic E-state index is 5.25. The summed E-state index contributed by atoms with van der Waals surface area (Å²) < 4.78 is 5.25. The van der Waals surface area contributed by atoms with Crippen LogP contribution in [0.15, 0.2) is 0 Å². The largest absolute Gasteiger partial charge is 0.383 e. The van der Waals surface area contributed by atoms with Crippen molar-refractivity contribution in [1.82, 2.24) is 10.3 Å². The molecule has 3 unspecified atom stereocenters. The van der Waals surface area contributed by atoms with Crippen molar-refractivity contribution in [2.75, 3.05) is 20.3 Å². The third-order valence-electron chi connectivity index (χ3n) is 5.35. The minimum Gasteiger partial charge on any atom is -0.383 e. The Morgan fingerprint density at radius 3 is 2.95 bits per heavy atom. The van der Waals surface area contributed by atoms with Crippen LogP contribution >= 0.6 is 11.3 Å². The van der Waals surface area contributed by atoms with Gasteiger partial charge in [-0.3, -0.25) is 0 Å². The SMILES string of the molecule is COCCNC1(c2nc3c(s2)CCC3)CCC(C)CC1C. The maximum atomic E-state index is 5.25. The number of thiazole rings is 1. The van der Waals surface area contributed by atoms with Crippen molar-refractivity contribution < 1.29 is 4.74 Å². The molecule has 1 N–H and O–H groups in total. The van der Waals surface area contributed by atoms with Gasteiger partial charge in [0, 0.05) is 18.5 Å². The molecule has 0 aliphatic heterocycles. The molecular weight excluding hydrogens is 280 g/mol. The normalized spacial score (nSPS) is 32.3. The summed E-state index contributed by atoms with van der Waals surface area (Å²) >= 11 is 1.98. The monoisotopic (exact) mass is 308 g/mol. The number of aryl methyl sites for hydroxylation is 2. The van der Waals surface area contributed by atoms with Gasteiger partial charge >= 0.3 is 0 Å². The molecule has 1 saturated carbocycles. The molecule has 0 aromatic carbocycles. The van der Waals surface area contributed by atoms with Crippen molar-refractivity contribution in [1.29, 1.82) is 0 Å². The highest BCUT2D eigenvalue weighted by Crippen LogP contribution is 2.46. The lowest BCUT2D eigenvalue weighted by Gasteiger charge is -2.44. The van der Waals surface area contributed by atoms with Crippen LogP contribution in [0.3, 0.4) is 0 Å². The van der Waals surface area contributed by atoms with E-state index in [4.69, 9.17) is 9.72 Å². The molecule has 1 fully saturated rings. The highest BCUT2D eigenvalue weighted by molar-refractivity contribution is 7.12. The van der Waals surface area contributed by atoms with E-state index in [9.17, 15) is 0 Å². The lowest BCUT2D eigenvalue weighted by Crippen LogP contribution is -2.51. The van der Waals surface area contributed by atoms with Crippen molar-refractivity contribution >= 4 is 11.3 Å². The molecular formula is C17H28N2OS. The number of hydrogen-bond acceptors (Lipinski definition) is 4. The summed E-state index contributed by atoms with van der Waals surface area (Å²) in [6.45, 7) is 6.48. The number of hydrogen-bond donors (Lipinski definition) is 1. The van der Waals surface area contributed by atoms with E-state index in [0.717, 1.165) is 19.1 Å². The van der Waals surface area contributed by atoms with Gasteiger partial charge in [-0.25, -0.2) is 4.98 Å². The van der Waals surface area contributed by atoms with Crippen LogP contribution in [0.25, 0.3) is 0 Å². The van der Waals surface area contributed by atoms with E-state index in [1.807, 2.05) is 11.3 Å². The first kappa shape index (κ1) is 15.4. The second-order valence-electron chi connectivity index (χ2n) is 6.91. The van der Waals surface area contributed by atoms with Gasteiger partial charge in [-0.1, -0.05) is 13.8 Å². The Balaban J connectivity index is 1.87. The topological polar surface area (TPSA) is 34.1 Å². The fourth-order valence-corrected chi connectivity index (χ4v) is 5.52. The van der Waals surface area contributed by atoms with E-state index in [1.54, 1.807) is 12.0 Å². The Morgan fingerprint density at radius 2 is 2.24 bits per heavy atom. The molecule has 0 spiro atoms. The predicted molar refractivity (Wildman–Crippen MR) is 87.9 cm³/mol. The fraction of sp³-hybridized carbons (Fsp3) is 0.824. The number of ether oxygens (including phenoxy) is 1. The number of rotatable bonds is 5. The van der Waals surface area contributed by atoms with Crippen molar-refractivity contribution in [2.24, 2.45) is 11.8 Å². The Kier molecular flexibility index (Phi) is 4.67. The Morgan fingerprint density at radius 1 is 1.38 bits per heavy atom. The minimum atomic E-state index is 0.0834. The van der Waals surface area contributed by atoms with E-state index < -0.39 is 0 Å². The summed E-state index contributed by atoms with van der Waals surface area (Å²) in [5.41, 5.74) is 1.47. The lowest BCUT2D eigenvalue weighted by molar-refractivity contribution is 0.105. The molecule has 3 nitrogen and oxygen atoms in total. The van der Waals surface area contributed by atoms with Gasteiger partial charge in [0.25, 0.3) is 0 Å². The second-order valence-corrected chi connectivity index (χ2v) is 8.00. The molecule has 2 aliphatic carbocycles. The van der Waals surface area contributed by atoms with Crippen molar-refractivity contribution in [3.63, 3.8) is 0 Å². The second kappa shape index (κ2) is 6.35. The van der Waals surface area contributed by atoms with Crippen molar-refractivity contribution in [2.45, 2.75) is 57.9 Å². The Hall–Kier alpha value is -0.450. The van der Waals surface area contributed by atoms with Gasteiger partial charge in [0.1, 0.15) is 5.01 Å². The van der Waals surface area contributed by atoms with Crippen LogP contribution in [0.1, 0.15) is 55.1 Å². The zero-order valence-electron chi connectivity index (χ0n) is 13.6. The maximum Gasteiger partial charge on any atom is 0.114 e. The zero-order chi connectivity index (χ0) is 14.9. The predicted octanol–water partition coefficient (Wildman–Crippen LogP) is 3.52. The molecule has 0 saturated heterocycles. The van der Waals surface area contributed by atoms with Crippen LogP contribution in [-0.4, -0.2) is 25.2 Å². The minimum absolute atomic E-state index is 0.0834. The van der Waals surface area contributed by atoms with Crippen molar-refractivity contribution in [3.8, 4) is 0 Å². The number of nitrogens with one attached hydrogen (secondary N) is 1. The molecule has 3 atom stereocenters. The van der Waals surface area contributed by atoms with Gasteiger partial charge in [0.2, 0.25) is 0 Å². The molecule has 2 aliphatic rings. The first-order chi connectivity index (χ1) is 10.2. The summed E-state index contributed by atoms with van der Waals surface area (Å²) in [7, 11) is 1.78. The standard InChI is InChI=1S/C17H28N2OS/c1-12-7-8-17(13(2)11-12,18-9-10-20-3)16-19-14-5-4-6-15(14)21-16/h12-13,18H,4-11H2,1-3H3. The average molecular weight is 308 g/mol. The van der Waals surface area contributed by atoms with E-state index in [-0.39, 0.29) is 5.54 Å². The summed E-state index contributed by atoms with van der Waals surface area (Å²) in [6.07, 6.45) is 7.53. The van der Waals surface area contributed by atoms with Crippen LogP contribution < -0.4 is 5.32 Å². The van der Waals surface area contributed by atoms with E-state index in [1.165, 1.54) is 49.2 Å². The van der Waals surface area contributed by atoms with Gasteiger partial charge in [-0.15, -0.1) is 11.3 Å². The van der Waals surface area contributed by atoms with Gasteiger partial charge in [0.15, 0.2) is 0 Å². The Bertz CT molecular complexity index is 466. The number of methoxy groups -OCH3 is 1. The highest BCUT2D eigenvalue weighted by Gasteiger charge is 2.44. The first-order valence-corrected chi connectivity index (χ1v) is 9.20. The number of nitrogens with zero attached hydrogens (tertiary/aromatic N) is 1. The molecule has 0 radical (unpaired) electrons. The van der Waals surface area contributed by atoms with Crippen LogP contribution in [0.4, 0.5) is 0 Å². The summed E-state index contributed by atoms with van der Waals surface area (Å²) in [5.74, 6) is 1.48. The lowest BCUT2D eigenvalue weighted by atomic mass is 9.70. The van der Waals surface area contributed by atoms with Gasteiger partial charge in [-0.05, 0) is 50.4 Å². The summed E-state index contributed by atoms with van der Waals surface area (Å²) in [4.78, 5) is 6.60. The number of aromatic nitrogens is 1. The van der Waals surface area contributed by atoms with Crippen LogP contribution in [0, 0.1) is 11.8 Å². The molecule has 0 bridgehead atoms. The fourth-order valence-electron chi connectivity index (χ4n) is 4.06. The summed E-state index contributed by atoms with van der Waals surface area (Å²) in [5, 5.41) is 5.18. The van der Waals surface area contributed by atoms with Gasteiger partial charge in [-0.2, -0.15) is 0 Å². The van der Waals surface area contributed by atoms with Crippen LogP contribution in [0.5, 0.6) is 0 Å². The quantitative estimate of drug-likeness (QED) is 0.845. The smallest absolute Gasteiger partial charge is 0.114 e. The van der Waals surface area contributed by atoms with E-state index in [0.29, 0.717) is 5.92 Å². The average Bonchev–Trinajstić information content (AvgIpc) is 3.03. The molecule has 118 valence electrons. The third kappa shape index (κ3) is 2.90. The molecule has 21 heavy (non-hydrogen) atoms. The molecule has 1 aromatic rings. The molecule has 4 heteroatoms. The molecule has 3 rings (SSSR count). The van der Waals surface area contributed by atoms with Crippen LogP contribution in [-0.2, 0) is 23.1 Å². The molecule has 1 heterocycles. The van der Waals surface area contributed by atoms with E-state index >= 15 is 0 Å². The Labute approximate surface area is 132 Å².